The summed E-state index contributed by atoms with van der Waals surface area (Å²) in [6.45, 7) is 1.45. The lowest BCUT2D eigenvalue weighted by Crippen LogP contribution is -2.28. The number of hydrogen-bond acceptors (Lipinski definition) is 7. The van der Waals surface area contributed by atoms with Crippen LogP contribution in [0.4, 0.5) is 11.8 Å². The second kappa shape index (κ2) is 8.09. The van der Waals surface area contributed by atoms with E-state index in [2.05, 4.69) is 20.6 Å². The third-order valence-corrected chi connectivity index (χ3v) is 2.22. The SMILES string of the molecule is COCCNC(=O)CCNc1cc(OC)nc(N)n1. The average molecular weight is 269 g/mol. The van der Waals surface area contributed by atoms with Crippen LogP contribution < -0.4 is 21.1 Å². The topological polar surface area (TPSA) is 111 Å². The Morgan fingerprint density at radius 1 is 1.37 bits per heavy atom. The average Bonchev–Trinajstić information content (AvgIpc) is 2.38. The van der Waals surface area contributed by atoms with E-state index in [1.165, 1.54) is 7.11 Å². The van der Waals surface area contributed by atoms with Crippen molar-refractivity contribution in [1.82, 2.24) is 15.3 Å². The molecule has 1 aromatic heterocycles. The number of nitrogens with two attached hydrogens (primary N) is 1. The molecule has 8 heteroatoms. The second-order valence-electron chi connectivity index (χ2n) is 3.67. The minimum atomic E-state index is -0.0569. The Hall–Kier alpha value is -2.09. The predicted octanol–water partition coefficient (Wildman–Crippen LogP) is -0.368. The van der Waals surface area contributed by atoms with Gasteiger partial charge in [-0.15, -0.1) is 0 Å². The molecular formula is C11H19N5O3. The quantitative estimate of drug-likeness (QED) is 0.552. The van der Waals surface area contributed by atoms with Crippen molar-refractivity contribution >= 4 is 17.7 Å². The Labute approximate surface area is 111 Å². The molecule has 0 saturated heterocycles. The number of carbonyl (C=O) groups excluding carboxylic acids is 1. The summed E-state index contributed by atoms with van der Waals surface area (Å²) in [6.07, 6.45) is 0.329. The van der Waals surface area contributed by atoms with Crippen molar-refractivity contribution in [2.75, 3.05) is 45.0 Å². The van der Waals surface area contributed by atoms with Crippen molar-refractivity contribution < 1.29 is 14.3 Å². The maximum atomic E-state index is 11.4. The molecule has 0 radical (unpaired) electrons. The zero-order chi connectivity index (χ0) is 14.1. The number of hydrogen-bond donors (Lipinski definition) is 3. The first-order valence-corrected chi connectivity index (χ1v) is 5.83. The highest BCUT2D eigenvalue weighted by molar-refractivity contribution is 5.76. The van der Waals surface area contributed by atoms with E-state index in [4.69, 9.17) is 15.2 Å². The fraction of sp³-hybridized carbons (Fsp3) is 0.545. The van der Waals surface area contributed by atoms with Crippen LogP contribution in [-0.2, 0) is 9.53 Å². The minimum absolute atomic E-state index is 0.0569. The van der Waals surface area contributed by atoms with E-state index in [9.17, 15) is 4.79 Å². The van der Waals surface area contributed by atoms with Gasteiger partial charge in [0.2, 0.25) is 17.7 Å². The molecule has 0 aliphatic rings. The molecule has 0 aromatic carbocycles. The van der Waals surface area contributed by atoms with E-state index in [1.54, 1.807) is 13.2 Å². The van der Waals surface area contributed by atoms with Crippen molar-refractivity contribution in [3.8, 4) is 5.88 Å². The van der Waals surface area contributed by atoms with Gasteiger partial charge in [0.15, 0.2) is 0 Å². The molecule has 1 heterocycles. The number of amides is 1. The number of methoxy groups -OCH3 is 2. The summed E-state index contributed by atoms with van der Waals surface area (Å²) in [4.78, 5) is 19.2. The van der Waals surface area contributed by atoms with Gasteiger partial charge in [-0.05, 0) is 0 Å². The molecule has 1 aromatic rings. The number of nitrogens with zero attached hydrogens (tertiary/aromatic N) is 2. The van der Waals surface area contributed by atoms with Gasteiger partial charge in [0.1, 0.15) is 5.82 Å². The molecule has 0 saturated carbocycles. The minimum Gasteiger partial charge on any atom is -0.481 e. The number of nitrogen functional groups attached to an aromatic ring is 1. The molecule has 1 rings (SSSR count). The van der Waals surface area contributed by atoms with Crippen LogP contribution >= 0.6 is 0 Å². The fourth-order valence-corrected chi connectivity index (χ4v) is 1.32. The zero-order valence-corrected chi connectivity index (χ0v) is 11.1. The standard InChI is InChI=1S/C11H19N5O3/c1-18-6-5-14-9(17)3-4-13-8-7-10(19-2)16-11(12)15-8/h7H,3-6H2,1-2H3,(H,14,17)(H3,12,13,15,16). The van der Waals surface area contributed by atoms with Crippen LogP contribution in [-0.4, -0.2) is 49.8 Å². The van der Waals surface area contributed by atoms with E-state index in [0.29, 0.717) is 37.8 Å². The van der Waals surface area contributed by atoms with Crippen LogP contribution in [0, 0.1) is 0 Å². The molecule has 4 N–H and O–H groups in total. The first-order chi connectivity index (χ1) is 9.15. The van der Waals surface area contributed by atoms with Crippen molar-refractivity contribution in [3.63, 3.8) is 0 Å². The summed E-state index contributed by atoms with van der Waals surface area (Å²) >= 11 is 0. The molecule has 0 aliphatic heterocycles. The molecular weight excluding hydrogens is 250 g/mol. The van der Waals surface area contributed by atoms with Crippen LogP contribution in [0.25, 0.3) is 0 Å². The van der Waals surface area contributed by atoms with Gasteiger partial charge in [-0.3, -0.25) is 4.79 Å². The zero-order valence-electron chi connectivity index (χ0n) is 11.1. The van der Waals surface area contributed by atoms with Crippen LogP contribution in [0.3, 0.4) is 0 Å². The highest BCUT2D eigenvalue weighted by Gasteiger charge is 2.04. The lowest BCUT2D eigenvalue weighted by Gasteiger charge is -2.08. The number of aromatic nitrogens is 2. The Morgan fingerprint density at radius 2 is 2.16 bits per heavy atom. The predicted molar refractivity (Wildman–Crippen MR) is 71.0 cm³/mol. The highest BCUT2D eigenvalue weighted by atomic mass is 16.5. The van der Waals surface area contributed by atoms with Crippen LogP contribution in [0.5, 0.6) is 5.88 Å². The van der Waals surface area contributed by atoms with E-state index in [0.717, 1.165) is 0 Å². The fourth-order valence-electron chi connectivity index (χ4n) is 1.32. The van der Waals surface area contributed by atoms with Gasteiger partial charge in [0.05, 0.1) is 13.7 Å². The van der Waals surface area contributed by atoms with Gasteiger partial charge >= 0.3 is 0 Å². The number of ether oxygens (including phenoxy) is 2. The molecule has 0 atom stereocenters. The summed E-state index contributed by atoms with van der Waals surface area (Å²) < 4.78 is 9.79. The molecule has 19 heavy (non-hydrogen) atoms. The van der Waals surface area contributed by atoms with E-state index >= 15 is 0 Å². The normalized spacial score (nSPS) is 10.0. The summed E-state index contributed by atoms with van der Waals surface area (Å²) in [7, 11) is 3.08. The second-order valence-corrected chi connectivity index (χ2v) is 3.67. The van der Waals surface area contributed by atoms with Gasteiger partial charge < -0.3 is 25.8 Å². The Kier molecular flexibility index (Phi) is 6.37. The Bertz CT molecular complexity index is 413. The summed E-state index contributed by atoms with van der Waals surface area (Å²) in [5.41, 5.74) is 5.51. The smallest absolute Gasteiger partial charge is 0.225 e. The molecule has 0 bridgehead atoms. The molecule has 106 valence electrons. The number of rotatable bonds is 8. The van der Waals surface area contributed by atoms with Gasteiger partial charge in [-0.25, -0.2) is 0 Å². The van der Waals surface area contributed by atoms with Crippen molar-refractivity contribution in [2.24, 2.45) is 0 Å². The molecule has 0 unspecified atom stereocenters. The lowest BCUT2D eigenvalue weighted by molar-refractivity contribution is -0.121. The van der Waals surface area contributed by atoms with Gasteiger partial charge in [0.25, 0.3) is 0 Å². The third-order valence-electron chi connectivity index (χ3n) is 2.22. The molecule has 1 amide bonds. The van der Waals surface area contributed by atoms with Crippen molar-refractivity contribution in [2.45, 2.75) is 6.42 Å². The van der Waals surface area contributed by atoms with E-state index in [1.807, 2.05) is 0 Å². The third kappa shape index (κ3) is 5.87. The van der Waals surface area contributed by atoms with E-state index < -0.39 is 0 Å². The maximum absolute atomic E-state index is 11.4. The Balaban J connectivity index is 2.32. The molecule has 0 fully saturated rings. The monoisotopic (exact) mass is 269 g/mol. The molecule has 8 nitrogen and oxygen atoms in total. The summed E-state index contributed by atoms with van der Waals surface area (Å²) in [5, 5.41) is 5.70. The summed E-state index contributed by atoms with van der Waals surface area (Å²) in [5.74, 6) is 0.957. The van der Waals surface area contributed by atoms with Crippen LogP contribution in [0.15, 0.2) is 6.07 Å². The van der Waals surface area contributed by atoms with Crippen LogP contribution in [0.1, 0.15) is 6.42 Å². The van der Waals surface area contributed by atoms with Gasteiger partial charge in [0, 0.05) is 32.7 Å². The number of carbonyl (C=O) groups is 1. The van der Waals surface area contributed by atoms with E-state index in [-0.39, 0.29) is 11.9 Å². The number of anilines is 2. The largest absolute Gasteiger partial charge is 0.481 e. The molecule has 0 spiro atoms. The van der Waals surface area contributed by atoms with Crippen LogP contribution in [0.2, 0.25) is 0 Å². The highest BCUT2D eigenvalue weighted by Crippen LogP contribution is 2.13. The summed E-state index contributed by atoms with van der Waals surface area (Å²) in [6, 6.07) is 1.61. The first kappa shape index (κ1) is 15.0. The Morgan fingerprint density at radius 3 is 2.84 bits per heavy atom. The maximum Gasteiger partial charge on any atom is 0.225 e. The van der Waals surface area contributed by atoms with Gasteiger partial charge in [-0.2, -0.15) is 9.97 Å². The molecule has 0 aliphatic carbocycles. The van der Waals surface area contributed by atoms with Gasteiger partial charge in [-0.1, -0.05) is 0 Å². The van der Waals surface area contributed by atoms with Crippen molar-refractivity contribution in [3.05, 3.63) is 6.07 Å². The van der Waals surface area contributed by atoms with Crippen molar-refractivity contribution in [1.29, 1.82) is 0 Å². The number of nitrogens with one attached hydrogen (secondary N) is 2. The first-order valence-electron chi connectivity index (χ1n) is 5.83. The lowest BCUT2D eigenvalue weighted by atomic mass is 10.4.